The minimum atomic E-state index is -0.277. The van der Waals surface area contributed by atoms with Crippen molar-refractivity contribution >= 4 is 41.2 Å². The van der Waals surface area contributed by atoms with Gasteiger partial charge in [-0.15, -0.1) is 0 Å². The van der Waals surface area contributed by atoms with Gasteiger partial charge >= 0.3 is 6.03 Å². The number of allylic oxidation sites excluding steroid dienone is 1. The molecule has 0 saturated carbocycles. The standard InChI is InChI=1S/C20H26ClN9O/c1-2-23-20(31)28-18-12-15(25-14-26-18)13-29-8-10-30(11-9-29)16-4-5-17(27-19(16)21)24-7-3-6-22/h3-7,12,14,22H,2,8-11,13H2,1H3,(H,24,27)(H2,23,25,26,28,31)/p+1/b7-3-,22-6?. The zero-order chi connectivity index (χ0) is 22.1. The molecule has 0 unspecified atom stereocenters. The van der Waals surface area contributed by atoms with E-state index in [0.717, 1.165) is 43.4 Å². The van der Waals surface area contributed by atoms with Gasteiger partial charge in [0, 0.05) is 63.7 Å². The molecule has 1 aliphatic rings. The fourth-order valence-electron chi connectivity index (χ4n) is 3.23. The molecule has 0 spiro atoms. The van der Waals surface area contributed by atoms with Crippen LogP contribution in [0.5, 0.6) is 0 Å². The monoisotopic (exact) mass is 444 g/mol. The van der Waals surface area contributed by atoms with Crippen LogP contribution in [0.15, 0.2) is 36.8 Å². The Morgan fingerprint density at radius 1 is 1.29 bits per heavy atom. The second kappa shape index (κ2) is 11.3. The summed E-state index contributed by atoms with van der Waals surface area (Å²) in [5, 5.41) is 14.7. The number of anilines is 2. The molecule has 1 saturated heterocycles. The maximum atomic E-state index is 11.7. The summed E-state index contributed by atoms with van der Waals surface area (Å²) in [6.45, 7) is 6.46. The number of carbonyl (C=O) groups excluding carboxylic acids is 1. The number of quaternary nitrogens is 1. The number of nitrogens with two attached hydrogens (primary N) is 1. The van der Waals surface area contributed by atoms with Crippen LogP contribution < -0.4 is 20.9 Å². The van der Waals surface area contributed by atoms with Crippen molar-refractivity contribution in [2.45, 2.75) is 13.5 Å². The van der Waals surface area contributed by atoms with Gasteiger partial charge in [-0.25, -0.2) is 14.8 Å². The topological polar surface area (TPSA) is 127 Å². The zero-order valence-corrected chi connectivity index (χ0v) is 18.1. The highest BCUT2D eigenvalue weighted by molar-refractivity contribution is 6.32. The normalized spacial score (nSPS) is 14.6. The van der Waals surface area contributed by atoms with Crippen molar-refractivity contribution < 1.29 is 10.1 Å². The highest BCUT2D eigenvalue weighted by atomic mass is 35.5. The van der Waals surface area contributed by atoms with Gasteiger partial charge in [-0.05, 0) is 13.0 Å². The van der Waals surface area contributed by atoms with Crippen LogP contribution in [-0.4, -0.2) is 64.8 Å². The molecule has 2 aromatic rings. The number of nitrogens with zero attached hydrogens (tertiary/aromatic N) is 5. The number of piperazine rings is 1. The third-order valence-corrected chi connectivity index (χ3v) is 5.00. The smallest absolute Gasteiger partial charge is 0.320 e. The predicted molar refractivity (Wildman–Crippen MR) is 121 cm³/mol. The van der Waals surface area contributed by atoms with E-state index in [9.17, 15) is 4.79 Å². The van der Waals surface area contributed by atoms with E-state index in [2.05, 4.69) is 35.4 Å². The summed E-state index contributed by atoms with van der Waals surface area (Å²) < 4.78 is 0. The SMILES string of the molecule is CCNC(=O)Nc1cc(CN2CCN(c3ccc([NH2+]/C=C\C=N)nc3Cl)CC2)ncn1. The van der Waals surface area contributed by atoms with Gasteiger partial charge < -0.3 is 15.6 Å². The lowest BCUT2D eigenvalue weighted by molar-refractivity contribution is -0.500. The third kappa shape index (κ3) is 6.71. The van der Waals surface area contributed by atoms with Crippen molar-refractivity contribution in [3.8, 4) is 0 Å². The quantitative estimate of drug-likeness (QED) is 0.359. The molecule has 11 heteroatoms. The number of nitrogens with one attached hydrogen (secondary N) is 3. The van der Waals surface area contributed by atoms with Gasteiger partial charge in [0.25, 0.3) is 0 Å². The Balaban J connectivity index is 1.53. The zero-order valence-electron chi connectivity index (χ0n) is 17.4. The van der Waals surface area contributed by atoms with E-state index in [4.69, 9.17) is 17.0 Å². The summed E-state index contributed by atoms with van der Waals surface area (Å²) in [6.07, 6.45) is 6.07. The summed E-state index contributed by atoms with van der Waals surface area (Å²) in [5.41, 5.74) is 1.78. The molecule has 0 radical (unpaired) electrons. The Morgan fingerprint density at radius 2 is 2.10 bits per heavy atom. The van der Waals surface area contributed by atoms with Crippen LogP contribution in [0.25, 0.3) is 0 Å². The first-order chi connectivity index (χ1) is 15.1. The third-order valence-electron chi connectivity index (χ3n) is 4.73. The van der Waals surface area contributed by atoms with Crippen LogP contribution in [-0.2, 0) is 6.54 Å². The number of aromatic nitrogens is 3. The molecule has 5 N–H and O–H groups in total. The molecule has 10 nitrogen and oxygen atoms in total. The molecule has 2 aromatic heterocycles. The van der Waals surface area contributed by atoms with E-state index < -0.39 is 0 Å². The second-order valence-corrected chi connectivity index (χ2v) is 7.26. The minimum absolute atomic E-state index is 0.277. The molecule has 0 aromatic carbocycles. The maximum absolute atomic E-state index is 11.7. The molecule has 2 amide bonds. The van der Waals surface area contributed by atoms with Gasteiger partial charge in [-0.1, -0.05) is 11.6 Å². The van der Waals surface area contributed by atoms with E-state index in [1.807, 2.05) is 24.4 Å². The Kier molecular flexibility index (Phi) is 8.27. The second-order valence-electron chi connectivity index (χ2n) is 6.91. The van der Waals surface area contributed by atoms with Crippen molar-refractivity contribution in [1.82, 2.24) is 25.2 Å². The van der Waals surface area contributed by atoms with E-state index in [1.54, 1.807) is 18.3 Å². The van der Waals surface area contributed by atoms with Gasteiger partial charge in [0.1, 0.15) is 18.3 Å². The van der Waals surface area contributed by atoms with E-state index in [0.29, 0.717) is 24.1 Å². The number of halogens is 1. The van der Waals surface area contributed by atoms with Gasteiger partial charge in [0.05, 0.1) is 11.4 Å². The lowest BCUT2D eigenvalue weighted by Crippen LogP contribution is -2.71. The van der Waals surface area contributed by atoms with Crippen LogP contribution in [0.2, 0.25) is 5.15 Å². The summed E-state index contributed by atoms with van der Waals surface area (Å²) in [7, 11) is 0. The van der Waals surface area contributed by atoms with E-state index >= 15 is 0 Å². The summed E-state index contributed by atoms with van der Waals surface area (Å²) in [6, 6.07) is 5.43. The van der Waals surface area contributed by atoms with Crippen molar-refractivity contribution in [3.05, 3.63) is 47.6 Å². The van der Waals surface area contributed by atoms with Crippen LogP contribution in [0.4, 0.5) is 22.1 Å². The minimum Gasteiger partial charge on any atom is -0.366 e. The summed E-state index contributed by atoms with van der Waals surface area (Å²) >= 11 is 6.41. The average Bonchev–Trinajstić information content (AvgIpc) is 2.75. The van der Waals surface area contributed by atoms with Crippen molar-refractivity contribution in [2.75, 3.05) is 42.9 Å². The molecule has 164 valence electrons. The lowest BCUT2D eigenvalue weighted by Gasteiger charge is -2.36. The fraction of sp³-hybridized carbons (Fsp3) is 0.350. The first-order valence-corrected chi connectivity index (χ1v) is 10.5. The van der Waals surface area contributed by atoms with E-state index in [1.165, 1.54) is 12.5 Å². The molecule has 0 bridgehead atoms. The summed E-state index contributed by atoms with van der Waals surface area (Å²) in [4.78, 5) is 29.1. The lowest BCUT2D eigenvalue weighted by atomic mass is 10.2. The molecule has 3 heterocycles. The molecular weight excluding hydrogens is 418 g/mol. The number of amides is 2. The maximum Gasteiger partial charge on any atom is 0.320 e. The van der Waals surface area contributed by atoms with Gasteiger partial charge in [0.15, 0.2) is 5.15 Å². The highest BCUT2D eigenvalue weighted by Gasteiger charge is 2.20. The van der Waals surface area contributed by atoms with Crippen LogP contribution >= 0.6 is 11.6 Å². The van der Waals surface area contributed by atoms with Crippen LogP contribution in [0.1, 0.15) is 12.6 Å². The number of urea groups is 1. The van der Waals surface area contributed by atoms with Gasteiger partial charge in [0.2, 0.25) is 5.82 Å². The van der Waals surface area contributed by atoms with Crippen molar-refractivity contribution in [2.24, 2.45) is 0 Å². The summed E-state index contributed by atoms with van der Waals surface area (Å²) in [5.74, 6) is 1.24. The largest absolute Gasteiger partial charge is 0.366 e. The number of pyridine rings is 1. The molecule has 31 heavy (non-hydrogen) atoms. The number of rotatable bonds is 8. The number of hydrogen-bond donors (Lipinski definition) is 4. The first-order valence-electron chi connectivity index (χ1n) is 10.1. The number of hydrogen-bond acceptors (Lipinski definition) is 7. The Morgan fingerprint density at radius 3 is 2.81 bits per heavy atom. The van der Waals surface area contributed by atoms with Crippen LogP contribution in [0.3, 0.4) is 0 Å². The predicted octanol–water partition coefficient (Wildman–Crippen LogP) is 1.35. The molecule has 1 fully saturated rings. The fourth-order valence-corrected chi connectivity index (χ4v) is 3.51. The Hall–Kier alpha value is -3.08. The molecular formula is C20H27ClN9O+. The molecule has 0 atom stereocenters. The van der Waals surface area contributed by atoms with E-state index in [-0.39, 0.29) is 6.03 Å². The van der Waals surface area contributed by atoms with Crippen molar-refractivity contribution in [1.29, 1.82) is 5.41 Å². The number of carbonyl (C=O) groups is 1. The average molecular weight is 445 g/mol. The Labute approximate surface area is 186 Å². The first kappa shape index (κ1) is 22.6. The van der Waals surface area contributed by atoms with Gasteiger partial charge in [-0.2, -0.15) is 4.98 Å². The highest BCUT2D eigenvalue weighted by Crippen LogP contribution is 2.25. The van der Waals surface area contributed by atoms with Gasteiger partial charge in [-0.3, -0.25) is 15.5 Å². The molecule has 3 rings (SSSR count). The van der Waals surface area contributed by atoms with Crippen LogP contribution in [0, 0.1) is 5.41 Å². The Bertz CT molecular complexity index is 929. The molecule has 0 aliphatic carbocycles. The van der Waals surface area contributed by atoms with Crippen molar-refractivity contribution in [3.63, 3.8) is 0 Å². The molecule has 1 aliphatic heterocycles.